The second-order valence-electron chi connectivity index (χ2n) is 5.10. The van der Waals surface area contributed by atoms with E-state index in [-0.39, 0.29) is 18.0 Å². The Balaban J connectivity index is 1.65. The first-order chi connectivity index (χ1) is 8.81. The van der Waals surface area contributed by atoms with E-state index in [2.05, 4.69) is 31.2 Å². The number of cyclic esters (lactones) is 1. The van der Waals surface area contributed by atoms with Crippen molar-refractivity contribution in [1.29, 1.82) is 0 Å². The molecule has 0 saturated carbocycles. The van der Waals surface area contributed by atoms with Gasteiger partial charge >= 0.3 is 5.97 Å². The highest BCUT2D eigenvalue weighted by Gasteiger charge is 2.40. The molecule has 0 amide bonds. The number of unbranched alkanes of at least 4 members (excludes halogenated alkanes) is 1. The van der Waals surface area contributed by atoms with Gasteiger partial charge in [0.25, 0.3) is 0 Å². The molecule has 0 bridgehead atoms. The highest BCUT2D eigenvalue weighted by Crippen LogP contribution is 2.30. The minimum atomic E-state index is 0.0214. The first kappa shape index (κ1) is 13.1. The maximum absolute atomic E-state index is 11.4. The normalized spacial score (nSPS) is 22.4. The van der Waals surface area contributed by atoms with E-state index in [1.54, 1.807) is 0 Å². The molecule has 18 heavy (non-hydrogen) atoms. The van der Waals surface area contributed by atoms with Crippen molar-refractivity contribution in [1.82, 2.24) is 0 Å². The maximum atomic E-state index is 11.4. The van der Waals surface area contributed by atoms with Crippen LogP contribution in [0.2, 0.25) is 0 Å². The van der Waals surface area contributed by atoms with Gasteiger partial charge in [-0.1, -0.05) is 50.1 Å². The molecule has 1 aliphatic heterocycles. The van der Waals surface area contributed by atoms with Gasteiger partial charge in [0, 0.05) is 0 Å². The van der Waals surface area contributed by atoms with E-state index in [1.165, 1.54) is 5.56 Å². The number of hydrogen-bond acceptors (Lipinski definition) is 2. The molecule has 0 unspecified atom stereocenters. The van der Waals surface area contributed by atoms with Crippen LogP contribution in [0.4, 0.5) is 0 Å². The van der Waals surface area contributed by atoms with Crippen LogP contribution in [-0.4, -0.2) is 12.1 Å². The highest BCUT2D eigenvalue weighted by molar-refractivity contribution is 5.78. The van der Waals surface area contributed by atoms with Crippen molar-refractivity contribution in [3.63, 3.8) is 0 Å². The fraction of sp³-hybridized carbons (Fsp3) is 0.562. The van der Waals surface area contributed by atoms with E-state index in [9.17, 15) is 4.79 Å². The number of benzene rings is 1. The predicted octanol–water partition coefficient (Wildman–Crippen LogP) is 3.74. The van der Waals surface area contributed by atoms with Crippen LogP contribution in [0.15, 0.2) is 30.3 Å². The van der Waals surface area contributed by atoms with Gasteiger partial charge in [-0.3, -0.25) is 4.79 Å². The first-order valence-electron chi connectivity index (χ1n) is 7.05. The molecule has 1 fully saturated rings. The second-order valence-corrected chi connectivity index (χ2v) is 5.10. The van der Waals surface area contributed by atoms with Gasteiger partial charge in [0.05, 0.1) is 5.92 Å². The standard InChI is InChI=1S/C16H22O2/c1-2-8-15-14(16(17)18-15)12-7-6-11-13-9-4-3-5-10-13/h3-5,9-10,14-15H,2,6-8,11-12H2,1H3/t14-,15-/m1/s1. The van der Waals surface area contributed by atoms with Crippen LogP contribution in [0.3, 0.4) is 0 Å². The van der Waals surface area contributed by atoms with Gasteiger partial charge in [-0.05, 0) is 31.2 Å². The molecule has 0 spiro atoms. The van der Waals surface area contributed by atoms with Gasteiger partial charge in [-0.25, -0.2) is 0 Å². The molecular weight excluding hydrogens is 224 g/mol. The monoisotopic (exact) mass is 246 g/mol. The Morgan fingerprint density at radius 3 is 2.56 bits per heavy atom. The minimum absolute atomic E-state index is 0.0214. The van der Waals surface area contributed by atoms with Crippen LogP contribution < -0.4 is 0 Å². The lowest BCUT2D eigenvalue weighted by molar-refractivity contribution is -0.186. The number of aryl methyl sites for hydroxylation is 1. The summed E-state index contributed by atoms with van der Waals surface area (Å²) in [5, 5.41) is 0. The van der Waals surface area contributed by atoms with Gasteiger partial charge in [0.15, 0.2) is 0 Å². The lowest BCUT2D eigenvalue weighted by atomic mass is 9.88. The number of hydrogen-bond donors (Lipinski definition) is 0. The predicted molar refractivity (Wildman–Crippen MR) is 72.3 cm³/mol. The van der Waals surface area contributed by atoms with E-state index in [4.69, 9.17) is 4.74 Å². The quantitative estimate of drug-likeness (QED) is 0.541. The zero-order valence-electron chi connectivity index (χ0n) is 11.1. The topological polar surface area (TPSA) is 26.3 Å². The molecule has 2 rings (SSSR count). The molecular formula is C16H22O2. The number of ether oxygens (including phenoxy) is 1. The third-order valence-corrected chi connectivity index (χ3v) is 3.67. The Kier molecular flexibility index (Phi) is 4.80. The van der Waals surface area contributed by atoms with Crippen molar-refractivity contribution in [3.8, 4) is 0 Å². The Morgan fingerprint density at radius 2 is 1.89 bits per heavy atom. The first-order valence-corrected chi connectivity index (χ1v) is 7.05. The van der Waals surface area contributed by atoms with E-state index in [1.807, 2.05) is 6.07 Å². The smallest absolute Gasteiger partial charge is 0.313 e. The molecule has 1 heterocycles. The van der Waals surface area contributed by atoms with E-state index in [0.29, 0.717) is 0 Å². The lowest BCUT2D eigenvalue weighted by Gasteiger charge is -2.35. The SMILES string of the molecule is CCC[C@H]1OC(=O)[C@@H]1CCCCc1ccccc1. The summed E-state index contributed by atoms with van der Waals surface area (Å²) in [5.41, 5.74) is 1.39. The van der Waals surface area contributed by atoms with Crippen LogP contribution in [0.1, 0.15) is 44.6 Å². The lowest BCUT2D eigenvalue weighted by Crippen LogP contribution is -2.44. The molecule has 2 heteroatoms. The van der Waals surface area contributed by atoms with Crippen LogP contribution in [-0.2, 0) is 16.0 Å². The second kappa shape index (κ2) is 6.58. The molecule has 2 atom stereocenters. The zero-order valence-corrected chi connectivity index (χ0v) is 11.1. The molecule has 98 valence electrons. The molecule has 1 aliphatic rings. The van der Waals surface area contributed by atoms with Crippen molar-refractivity contribution in [3.05, 3.63) is 35.9 Å². The molecule has 0 N–H and O–H groups in total. The van der Waals surface area contributed by atoms with Crippen molar-refractivity contribution < 1.29 is 9.53 Å². The number of esters is 1. The summed E-state index contributed by atoms with van der Waals surface area (Å²) in [4.78, 5) is 11.4. The molecule has 1 saturated heterocycles. The molecule has 0 aliphatic carbocycles. The van der Waals surface area contributed by atoms with Crippen LogP contribution >= 0.6 is 0 Å². The maximum Gasteiger partial charge on any atom is 0.313 e. The van der Waals surface area contributed by atoms with Crippen LogP contribution in [0.5, 0.6) is 0 Å². The van der Waals surface area contributed by atoms with Gasteiger partial charge in [0.1, 0.15) is 6.10 Å². The Hall–Kier alpha value is -1.31. The zero-order chi connectivity index (χ0) is 12.8. The number of rotatable bonds is 7. The summed E-state index contributed by atoms with van der Waals surface area (Å²) in [5.74, 6) is 0.203. The summed E-state index contributed by atoms with van der Waals surface area (Å²) in [6.07, 6.45) is 6.71. The third-order valence-electron chi connectivity index (χ3n) is 3.67. The van der Waals surface area contributed by atoms with Crippen molar-refractivity contribution >= 4 is 5.97 Å². The third kappa shape index (κ3) is 3.34. The fourth-order valence-electron chi connectivity index (χ4n) is 2.58. The Bertz CT molecular complexity index is 372. The molecule has 1 aromatic rings. The molecule has 1 aromatic carbocycles. The summed E-state index contributed by atoms with van der Waals surface area (Å²) in [7, 11) is 0. The van der Waals surface area contributed by atoms with Gasteiger partial charge in [-0.15, -0.1) is 0 Å². The van der Waals surface area contributed by atoms with E-state index in [0.717, 1.165) is 38.5 Å². The molecule has 0 radical (unpaired) electrons. The molecule has 2 nitrogen and oxygen atoms in total. The van der Waals surface area contributed by atoms with Crippen molar-refractivity contribution in [2.45, 2.75) is 51.6 Å². The van der Waals surface area contributed by atoms with Crippen molar-refractivity contribution in [2.75, 3.05) is 0 Å². The summed E-state index contributed by atoms with van der Waals surface area (Å²) in [6.45, 7) is 2.14. The largest absolute Gasteiger partial charge is 0.461 e. The molecule has 0 aromatic heterocycles. The number of carbonyl (C=O) groups excluding carboxylic acids is 1. The van der Waals surface area contributed by atoms with Gasteiger partial charge < -0.3 is 4.74 Å². The summed E-state index contributed by atoms with van der Waals surface area (Å²) in [6, 6.07) is 10.5. The average molecular weight is 246 g/mol. The van der Waals surface area contributed by atoms with E-state index < -0.39 is 0 Å². The van der Waals surface area contributed by atoms with Gasteiger partial charge in [0.2, 0.25) is 0 Å². The van der Waals surface area contributed by atoms with Crippen LogP contribution in [0.25, 0.3) is 0 Å². The fourth-order valence-corrected chi connectivity index (χ4v) is 2.58. The van der Waals surface area contributed by atoms with Gasteiger partial charge in [-0.2, -0.15) is 0 Å². The summed E-state index contributed by atoms with van der Waals surface area (Å²) >= 11 is 0. The van der Waals surface area contributed by atoms with E-state index >= 15 is 0 Å². The highest BCUT2D eigenvalue weighted by atomic mass is 16.6. The summed E-state index contributed by atoms with van der Waals surface area (Å²) < 4.78 is 5.17. The van der Waals surface area contributed by atoms with Crippen LogP contribution in [0, 0.1) is 5.92 Å². The minimum Gasteiger partial charge on any atom is -0.461 e. The Morgan fingerprint density at radius 1 is 1.11 bits per heavy atom. The van der Waals surface area contributed by atoms with Crippen molar-refractivity contribution in [2.24, 2.45) is 5.92 Å². The Labute approximate surface area is 109 Å². The number of carbonyl (C=O) groups is 1. The average Bonchev–Trinajstić information content (AvgIpc) is 2.39.